The minimum atomic E-state index is -2.56. The standard InChI is InChI=1S/C33H44O5Si/c1-33(2,3)39(31-11-7-5-8-12-31,32-13-9-6-10-14-32)37-20-19-27-21-29(23-34)38-30(22-27)25-36-24-26-15-17-28(35-4)18-16-26/h5-18,27,29-30,34H,19-25H2,1-4H3/t27?,29-,30+/m0/s1. The number of benzene rings is 3. The molecule has 6 heteroatoms. The minimum absolute atomic E-state index is 0.0288. The van der Waals surface area contributed by atoms with Gasteiger partial charge in [0.25, 0.3) is 8.32 Å². The summed E-state index contributed by atoms with van der Waals surface area (Å²) in [6.45, 7) is 8.67. The maximum absolute atomic E-state index is 9.94. The SMILES string of the molecule is COc1ccc(COC[C@H]2CC(CCO[Si](c3ccccc3)(c3ccccc3)C(C)(C)C)C[C@@H](CO)O2)cc1. The van der Waals surface area contributed by atoms with Crippen molar-refractivity contribution in [2.24, 2.45) is 5.92 Å². The molecule has 0 saturated carbocycles. The molecule has 5 nitrogen and oxygen atoms in total. The average Bonchev–Trinajstić information content (AvgIpc) is 2.96. The van der Waals surface area contributed by atoms with Crippen molar-refractivity contribution in [2.45, 2.75) is 63.9 Å². The van der Waals surface area contributed by atoms with Crippen LogP contribution in [0.4, 0.5) is 0 Å². The Labute approximate surface area is 235 Å². The zero-order chi connectivity index (χ0) is 27.7. The van der Waals surface area contributed by atoms with E-state index in [0.29, 0.717) is 25.7 Å². The average molecular weight is 549 g/mol. The number of aliphatic hydroxyl groups excluding tert-OH is 1. The Kier molecular flexibility index (Phi) is 10.4. The number of hydrogen-bond acceptors (Lipinski definition) is 5. The van der Waals surface area contributed by atoms with E-state index < -0.39 is 8.32 Å². The summed E-state index contributed by atoms with van der Waals surface area (Å²) < 4.78 is 24.5. The molecule has 0 radical (unpaired) electrons. The maximum Gasteiger partial charge on any atom is 0.261 e. The van der Waals surface area contributed by atoms with Crippen molar-refractivity contribution >= 4 is 18.7 Å². The molecule has 0 bridgehead atoms. The van der Waals surface area contributed by atoms with Gasteiger partial charge >= 0.3 is 0 Å². The minimum Gasteiger partial charge on any atom is -0.497 e. The number of aliphatic hydroxyl groups is 1. The van der Waals surface area contributed by atoms with Crippen LogP contribution in [0.1, 0.15) is 45.6 Å². The molecule has 1 unspecified atom stereocenters. The summed E-state index contributed by atoms with van der Waals surface area (Å²) in [6, 6.07) is 29.5. The fourth-order valence-electron chi connectivity index (χ4n) is 5.85. The molecule has 39 heavy (non-hydrogen) atoms. The zero-order valence-corrected chi connectivity index (χ0v) is 24.8. The smallest absolute Gasteiger partial charge is 0.261 e. The molecule has 1 aliphatic rings. The molecule has 0 aromatic heterocycles. The summed E-state index contributed by atoms with van der Waals surface area (Å²) in [4.78, 5) is 0. The Morgan fingerprint density at radius 3 is 1.97 bits per heavy atom. The fourth-order valence-corrected chi connectivity index (χ4v) is 10.4. The van der Waals surface area contributed by atoms with Crippen LogP contribution in [0.5, 0.6) is 5.75 Å². The Hall–Kier alpha value is -2.48. The van der Waals surface area contributed by atoms with Crippen LogP contribution in [0.3, 0.4) is 0 Å². The highest BCUT2D eigenvalue weighted by molar-refractivity contribution is 6.99. The Morgan fingerprint density at radius 1 is 0.846 bits per heavy atom. The van der Waals surface area contributed by atoms with Gasteiger partial charge in [0.05, 0.1) is 39.1 Å². The van der Waals surface area contributed by atoms with Crippen LogP contribution >= 0.6 is 0 Å². The molecule has 0 amide bonds. The summed E-state index contributed by atoms with van der Waals surface area (Å²) >= 11 is 0. The topological polar surface area (TPSA) is 57.2 Å². The van der Waals surface area contributed by atoms with Crippen LogP contribution in [0.2, 0.25) is 5.04 Å². The first-order chi connectivity index (χ1) is 18.9. The molecule has 210 valence electrons. The highest BCUT2D eigenvalue weighted by atomic mass is 28.4. The summed E-state index contributed by atoms with van der Waals surface area (Å²) in [6.07, 6.45) is 2.48. The molecule has 4 rings (SSSR count). The molecule has 1 N–H and O–H groups in total. The van der Waals surface area contributed by atoms with Gasteiger partial charge in [-0.05, 0) is 58.3 Å². The summed E-state index contributed by atoms with van der Waals surface area (Å²) in [5.41, 5.74) is 1.10. The number of ether oxygens (including phenoxy) is 3. The molecule has 1 fully saturated rings. The van der Waals surface area contributed by atoms with Crippen molar-refractivity contribution in [2.75, 3.05) is 26.9 Å². The number of methoxy groups -OCH3 is 1. The van der Waals surface area contributed by atoms with Gasteiger partial charge < -0.3 is 23.7 Å². The van der Waals surface area contributed by atoms with Crippen LogP contribution in [0, 0.1) is 5.92 Å². The van der Waals surface area contributed by atoms with Gasteiger partial charge in [0.15, 0.2) is 0 Å². The fraction of sp³-hybridized carbons (Fsp3) is 0.455. The number of hydrogen-bond donors (Lipinski definition) is 1. The Morgan fingerprint density at radius 2 is 1.44 bits per heavy atom. The van der Waals surface area contributed by atoms with Crippen LogP contribution in [0.25, 0.3) is 0 Å². The van der Waals surface area contributed by atoms with E-state index in [1.54, 1.807) is 7.11 Å². The van der Waals surface area contributed by atoms with Crippen molar-refractivity contribution in [3.8, 4) is 5.75 Å². The molecule has 3 aromatic carbocycles. The molecule has 3 atom stereocenters. The lowest BCUT2D eigenvalue weighted by Crippen LogP contribution is -2.66. The zero-order valence-electron chi connectivity index (χ0n) is 23.8. The van der Waals surface area contributed by atoms with Crippen LogP contribution in [0.15, 0.2) is 84.9 Å². The van der Waals surface area contributed by atoms with E-state index in [-0.39, 0.29) is 23.9 Å². The largest absolute Gasteiger partial charge is 0.497 e. The summed E-state index contributed by atoms with van der Waals surface area (Å²) in [7, 11) is -0.890. The third kappa shape index (κ3) is 7.38. The summed E-state index contributed by atoms with van der Waals surface area (Å²) in [5, 5.41) is 12.5. The first-order valence-electron chi connectivity index (χ1n) is 14.1. The highest BCUT2D eigenvalue weighted by Crippen LogP contribution is 2.37. The molecule has 1 heterocycles. The highest BCUT2D eigenvalue weighted by Gasteiger charge is 2.50. The maximum atomic E-state index is 9.94. The van der Waals surface area contributed by atoms with E-state index in [1.807, 2.05) is 24.3 Å². The van der Waals surface area contributed by atoms with Gasteiger partial charge in [-0.15, -0.1) is 0 Å². The van der Waals surface area contributed by atoms with E-state index in [0.717, 1.165) is 30.6 Å². The number of rotatable bonds is 12. The third-order valence-corrected chi connectivity index (χ3v) is 12.8. The quantitative estimate of drug-likeness (QED) is 0.310. The van der Waals surface area contributed by atoms with Gasteiger partial charge in [-0.3, -0.25) is 0 Å². The van der Waals surface area contributed by atoms with E-state index in [9.17, 15) is 5.11 Å². The lowest BCUT2D eigenvalue weighted by atomic mass is 9.89. The van der Waals surface area contributed by atoms with Crippen molar-refractivity contribution in [3.05, 3.63) is 90.5 Å². The van der Waals surface area contributed by atoms with E-state index in [4.69, 9.17) is 18.6 Å². The van der Waals surface area contributed by atoms with Crippen LogP contribution in [-0.2, 0) is 20.5 Å². The first-order valence-corrected chi connectivity index (χ1v) is 16.0. The van der Waals surface area contributed by atoms with Gasteiger partial charge in [0.2, 0.25) is 0 Å². The van der Waals surface area contributed by atoms with E-state index in [2.05, 4.69) is 81.4 Å². The van der Waals surface area contributed by atoms with Gasteiger partial charge in [-0.1, -0.05) is 93.6 Å². The van der Waals surface area contributed by atoms with Gasteiger partial charge in [-0.25, -0.2) is 0 Å². The first kappa shape index (κ1) is 29.5. The second kappa shape index (κ2) is 13.7. The normalized spacial score (nSPS) is 20.1. The van der Waals surface area contributed by atoms with Crippen molar-refractivity contribution < 1.29 is 23.7 Å². The van der Waals surface area contributed by atoms with Gasteiger partial charge in [0, 0.05) is 6.61 Å². The lowest BCUT2D eigenvalue weighted by molar-refractivity contribution is -0.120. The monoisotopic (exact) mass is 548 g/mol. The van der Waals surface area contributed by atoms with Crippen LogP contribution in [-0.4, -0.2) is 52.6 Å². The Balaban J connectivity index is 1.41. The lowest BCUT2D eigenvalue weighted by Gasteiger charge is -2.43. The molecule has 0 aliphatic carbocycles. The van der Waals surface area contributed by atoms with Crippen molar-refractivity contribution in [3.63, 3.8) is 0 Å². The van der Waals surface area contributed by atoms with Crippen LogP contribution < -0.4 is 15.1 Å². The van der Waals surface area contributed by atoms with E-state index >= 15 is 0 Å². The second-order valence-corrected chi connectivity index (χ2v) is 15.9. The molecule has 0 spiro atoms. The van der Waals surface area contributed by atoms with E-state index in [1.165, 1.54) is 10.4 Å². The predicted molar refractivity (Wildman–Crippen MR) is 159 cm³/mol. The van der Waals surface area contributed by atoms with Crippen molar-refractivity contribution in [1.29, 1.82) is 0 Å². The molecule has 3 aromatic rings. The third-order valence-electron chi connectivity index (χ3n) is 7.77. The Bertz CT molecular complexity index is 1070. The molecular weight excluding hydrogens is 504 g/mol. The van der Waals surface area contributed by atoms with Gasteiger partial charge in [-0.2, -0.15) is 0 Å². The second-order valence-electron chi connectivity index (χ2n) is 11.6. The van der Waals surface area contributed by atoms with Gasteiger partial charge in [0.1, 0.15) is 5.75 Å². The molecule has 1 aliphatic heterocycles. The molecular formula is C33H44O5Si. The summed E-state index contributed by atoms with van der Waals surface area (Å²) in [5.74, 6) is 1.24. The predicted octanol–water partition coefficient (Wildman–Crippen LogP) is 5.33. The van der Waals surface area contributed by atoms with Crippen molar-refractivity contribution in [1.82, 2.24) is 0 Å². The molecule has 1 saturated heterocycles.